The summed E-state index contributed by atoms with van der Waals surface area (Å²) in [6, 6.07) is 2.84. The minimum absolute atomic E-state index is 0.0399. The van der Waals surface area contributed by atoms with Crippen molar-refractivity contribution in [1.29, 1.82) is 0 Å². The Balaban J connectivity index is 2.27. The molecular formula is C8H9N7O2S2. The number of H-pyrrole nitrogens is 1. The number of rotatable bonds is 5. The summed E-state index contributed by atoms with van der Waals surface area (Å²) in [6.45, 7) is -0.107. The minimum atomic E-state index is -3.81. The molecule has 0 unspecified atom stereocenters. The first-order valence-electron chi connectivity index (χ1n) is 4.97. The molecule has 0 fully saturated rings. The van der Waals surface area contributed by atoms with Crippen molar-refractivity contribution in [3.05, 3.63) is 29.8 Å². The van der Waals surface area contributed by atoms with Crippen LogP contribution in [-0.4, -0.2) is 39.0 Å². The molecule has 0 radical (unpaired) electrons. The molecule has 0 amide bonds. The molecule has 0 saturated carbocycles. The first-order valence-corrected chi connectivity index (χ1v) is 6.86. The van der Waals surface area contributed by atoms with Crippen molar-refractivity contribution in [2.45, 2.75) is 11.4 Å². The van der Waals surface area contributed by atoms with E-state index < -0.39 is 10.0 Å². The van der Waals surface area contributed by atoms with E-state index in [1.54, 1.807) is 0 Å². The summed E-state index contributed by atoms with van der Waals surface area (Å²) in [4.78, 5) is 3.67. The van der Waals surface area contributed by atoms with E-state index in [0.717, 1.165) is 0 Å². The molecule has 0 aliphatic carbocycles. The molecule has 0 aliphatic rings. The predicted molar refractivity (Wildman–Crippen MR) is 68.3 cm³/mol. The van der Waals surface area contributed by atoms with Crippen LogP contribution in [-0.2, 0) is 16.6 Å². The summed E-state index contributed by atoms with van der Waals surface area (Å²) in [5.41, 5.74) is 5.48. The zero-order valence-corrected chi connectivity index (χ0v) is 11.1. The van der Waals surface area contributed by atoms with Crippen molar-refractivity contribution in [3.63, 3.8) is 0 Å². The molecule has 2 heterocycles. The number of hydrogen-bond acceptors (Lipinski definition) is 7. The van der Waals surface area contributed by atoms with E-state index in [2.05, 4.69) is 30.3 Å². The number of nitrogens with one attached hydrogen (secondary N) is 2. The number of nitrogens with zero attached hydrogens (tertiary/aromatic N) is 4. The van der Waals surface area contributed by atoms with E-state index in [9.17, 15) is 8.42 Å². The second-order valence-electron chi connectivity index (χ2n) is 3.37. The Morgan fingerprint density at radius 2 is 2.32 bits per heavy atom. The monoisotopic (exact) mass is 299 g/mol. The van der Waals surface area contributed by atoms with Crippen molar-refractivity contribution >= 4 is 27.2 Å². The van der Waals surface area contributed by atoms with Gasteiger partial charge in [0.2, 0.25) is 10.0 Å². The maximum Gasteiger partial charge on any atom is 0.243 e. The topological polar surface area (TPSA) is 140 Å². The average molecular weight is 299 g/mol. The highest BCUT2D eigenvalue weighted by atomic mass is 32.2. The Morgan fingerprint density at radius 3 is 2.95 bits per heavy atom. The number of nitrogens with two attached hydrogens (primary N) is 1. The molecule has 4 N–H and O–H groups in total. The summed E-state index contributed by atoms with van der Waals surface area (Å²) >= 11 is 4.77. The van der Waals surface area contributed by atoms with Gasteiger partial charge >= 0.3 is 0 Å². The summed E-state index contributed by atoms with van der Waals surface area (Å²) in [6.07, 6.45) is 1.41. The van der Waals surface area contributed by atoms with Gasteiger partial charge in [-0.05, 0) is 12.1 Å². The maximum absolute atomic E-state index is 12.1. The van der Waals surface area contributed by atoms with Gasteiger partial charge in [0.1, 0.15) is 15.6 Å². The van der Waals surface area contributed by atoms with Gasteiger partial charge in [-0.2, -0.15) is 5.21 Å². The van der Waals surface area contributed by atoms with Gasteiger partial charge in [-0.15, -0.1) is 10.2 Å². The number of sulfonamides is 1. The molecule has 0 aliphatic heterocycles. The Bertz CT molecular complexity index is 683. The second kappa shape index (κ2) is 5.34. The first kappa shape index (κ1) is 13.5. The van der Waals surface area contributed by atoms with Crippen LogP contribution in [0.3, 0.4) is 0 Å². The third kappa shape index (κ3) is 3.07. The lowest BCUT2D eigenvalue weighted by Crippen LogP contribution is -2.27. The standard InChI is InChI=1S/C8H9N7O2S2/c9-8(18)7-5(2-1-3-10-7)19(16,17)11-4-6-12-14-15-13-6/h1-3,11H,4H2,(H2,9,18)(H,12,13,14,15). The Labute approximate surface area is 113 Å². The van der Waals surface area contributed by atoms with Crippen molar-refractivity contribution in [2.75, 3.05) is 0 Å². The van der Waals surface area contributed by atoms with Crippen LogP contribution in [0.2, 0.25) is 0 Å². The average Bonchev–Trinajstić information content (AvgIpc) is 2.89. The highest BCUT2D eigenvalue weighted by Gasteiger charge is 2.20. The lowest BCUT2D eigenvalue weighted by atomic mass is 10.3. The van der Waals surface area contributed by atoms with Crippen molar-refractivity contribution < 1.29 is 8.42 Å². The smallest absolute Gasteiger partial charge is 0.243 e. The van der Waals surface area contributed by atoms with Crippen LogP contribution in [0, 0.1) is 0 Å². The highest BCUT2D eigenvalue weighted by molar-refractivity contribution is 7.89. The number of thiocarbonyl (C=S) groups is 1. The van der Waals surface area contributed by atoms with E-state index in [1.807, 2.05) is 0 Å². The number of pyridine rings is 1. The van der Waals surface area contributed by atoms with E-state index in [-0.39, 0.29) is 27.9 Å². The summed E-state index contributed by atoms with van der Waals surface area (Å²) in [7, 11) is -3.81. The van der Waals surface area contributed by atoms with Gasteiger partial charge in [0, 0.05) is 6.20 Å². The Kier molecular flexibility index (Phi) is 3.78. The van der Waals surface area contributed by atoms with Crippen LogP contribution in [0.4, 0.5) is 0 Å². The molecule has 11 heteroatoms. The molecule has 2 aromatic heterocycles. The Hall–Kier alpha value is -1.98. The lowest BCUT2D eigenvalue weighted by Gasteiger charge is -2.08. The predicted octanol–water partition coefficient (Wildman–Crippen LogP) is -1.29. The van der Waals surface area contributed by atoms with Crippen LogP contribution in [0.25, 0.3) is 0 Å². The van der Waals surface area contributed by atoms with Gasteiger partial charge < -0.3 is 5.73 Å². The van der Waals surface area contributed by atoms with Crippen molar-refractivity contribution in [2.24, 2.45) is 5.73 Å². The first-order chi connectivity index (χ1) is 9.00. The molecular weight excluding hydrogens is 290 g/mol. The van der Waals surface area contributed by atoms with E-state index in [1.165, 1.54) is 18.3 Å². The zero-order chi connectivity index (χ0) is 13.9. The fourth-order valence-electron chi connectivity index (χ4n) is 1.29. The Morgan fingerprint density at radius 1 is 1.53 bits per heavy atom. The number of aromatic nitrogens is 5. The van der Waals surface area contributed by atoms with Crippen LogP contribution in [0.15, 0.2) is 23.2 Å². The van der Waals surface area contributed by atoms with Crippen LogP contribution in [0.1, 0.15) is 11.5 Å². The summed E-state index contributed by atoms with van der Waals surface area (Å²) in [5.74, 6) is 0.212. The van der Waals surface area contributed by atoms with Crippen LogP contribution >= 0.6 is 12.2 Å². The molecule has 9 nitrogen and oxygen atoms in total. The zero-order valence-electron chi connectivity index (χ0n) is 9.44. The molecule has 2 aromatic rings. The minimum Gasteiger partial charge on any atom is -0.388 e. The van der Waals surface area contributed by atoms with Crippen molar-refractivity contribution in [3.8, 4) is 0 Å². The normalized spacial score (nSPS) is 11.4. The summed E-state index contributed by atoms with van der Waals surface area (Å²) in [5, 5.41) is 12.8. The molecule has 0 spiro atoms. The largest absolute Gasteiger partial charge is 0.388 e. The summed E-state index contributed by atoms with van der Waals surface area (Å²) < 4.78 is 26.5. The van der Waals surface area contributed by atoms with Gasteiger partial charge in [0.25, 0.3) is 0 Å². The molecule has 2 rings (SSSR count). The van der Waals surface area contributed by atoms with Gasteiger partial charge in [-0.25, -0.2) is 13.1 Å². The third-order valence-corrected chi connectivity index (χ3v) is 3.73. The van der Waals surface area contributed by atoms with Crippen molar-refractivity contribution in [1.82, 2.24) is 30.3 Å². The molecule has 100 valence electrons. The maximum atomic E-state index is 12.1. The van der Waals surface area contributed by atoms with E-state index in [4.69, 9.17) is 18.0 Å². The molecule has 0 atom stereocenters. The third-order valence-electron chi connectivity index (χ3n) is 2.10. The van der Waals surface area contributed by atoms with Gasteiger partial charge in [-0.3, -0.25) is 4.98 Å². The number of hydrogen-bond donors (Lipinski definition) is 3. The number of aromatic amines is 1. The van der Waals surface area contributed by atoms with Crippen LogP contribution in [0.5, 0.6) is 0 Å². The highest BCUT2D eigenvalue weighted by Crippen LogP contribution is 2.12. The van der Waals surface area contributed by atoms with E-state index in [0.29, 0.717) is 0 Å². The van der Waals surface area contributed by atoms with Gasteiger partial charge in [-0.1, -0.05) is 17.4 Å². The van der Waals surface area contributed by atoms with E-state index >= 15 is 0 Å². The molecule has 19 heavy (non-hydrogen) atoms. The lowest BCUT2D eigenvalue weighted by molar-refractivity contribution is 0.578. The number of tetrazole rings is 1. The van der Waals surface area contributed by atoms with Crippen LogP contribution < -0.4 is 10.5 Å². The van der Waals surface area contributed by atoms with Gasteiger partial charge in [0.05, 0.1) is 6.54 Å². The SMILES string of the molecule is NC(=S)c1ncccc1S(=O)(=O)NCc1nn[nH]n1. The molecule has 0 saturated heterocycles. The van der Waals surface area contributed by atoms with Gasteiger partial charge in [0.15, 0.2) is 5.82 Å². The second-order valence-corrected chi connectivity index (χ2v) is 5.54. The molecule has 0 bridgehead atoms. The fourth-order valence-corrected chi connectivity index (χ4v) is 2.66. The quantitative estimate of drug-likeness (QED) is 0.579. The fraction of sp³-hybridized carbons (Fsp3) is 0.125. The molecule has 0 aromatic carbocycles.